The Hall–Kier alpha value is -3.04. The molecule has 0 radical (unpaired) electrons. The summed E-state index contributed by atoms with van der Waals surface area (Å²) in [6.45, 7) is 0. The van der Waals surface area contributed by atoms with Gasteiger partial charge in [-0.15, -0.1) is 0 Å². The molecule has 1 rings (SSSR count). The van der Waals surface area contributed by atoms with E-state index in [-0.39, 0.29) is 11.1 Å². The van der Waals surface area contributed by atoms with Crippen molar-refractivity contribution in [2.45, 2.75) is 0 Å². The van der Waals surface area contributed by atoms with Gasteiger partial charge >= 0.3 is 0 Å². The van der Waals surface area contributed by atoms with Crippen molar-refractivity contribution in [2.24, 2.45) is 10.3 Å². The van der Waals surface area contributed by atoms with Gasteiger partial charge in [0, 0.05) is 0 Å². The highest BCUT2D eigenvalue weighted by Gasteiger charge is 2.23. The van der Waals surface area contributed by atoms with Crippen molar-refractivity contribution in [1.82, 2.24) is 0 Å². The molecular weight excluding hydrogens is 248 g/mol. The molecule has 0 atom stereocenters. The quantitative estimate of drug-likeness (QED) is 0.355. The molecule has 0 fully saturated rings. The fourth-order valence-electron chi connectivity index (χ4n) is 1.26. The molecule has 0 aromatic heterocycles. The van der Waals surface area contributed by atoms with Gasteiger partial charge in [-0.05, 0) is 6.07 Å². The molecule has 1 aromatic rings. The molecule has 94 valence electrons. The molecule has 10 nitrogen and oxygen atoms in total. The summed E-state index contributed by atoms with van der Waals surface area (Å²) in [6, 6.07) is 1.68. The second-order valence-corrected chi connectivity index (χ2v) is 2.97. The van der Waals surface area contributed by atoms with Crippen molar-refractivity contribution in [2.75, 3.05) is 0 Å². The van der Waals surface area contributed by atoms with Crippen molar-refractivity contribution in [3.8, 4) is 0 Å². The summed E-state index contributed by atoms with van der Waals surface area (Å²) < 4.78 is 0. The van der Waals surface area contributed by atoms with Gasteiger partial charge in [0.05, 0.1) is 39.5 Å². The largest absolute Gasteiger partial charge is 0.411 e. The zero-order valence-electron chi connectivity index (χ0n) is 8.63. The number of nitro groups is 2. The van der Waals surface area contributed by atoms with Gasteiger partial charge in [-0.2, -0.15) is 0 Å². The summed E-state index contributed by atoms with van der Waals surface area (Å²) in [5.74, 6) is 0. The highest BCUT2D eigenvalue weighted by atomic mass is 16.6. The molecule has 10 heteroatoms. The highest BCUT2D eigenvalue weighted by molar-refractivity contribution is 5.93. The van der Waals surface area contributed by atoms with Crippen LogP contribution in [-0.2, 0) is 0 Å². The Morgan fingerprint density at radius 1 is 0.944 bits per heavy atom. The first-order valence-corrected chi connectivity index (χ1v) is 4.33. The fourth-order valence-corrected chi connectivity index (χ4v) is 1.26. The Labute approximate surface area is 98.8 Å². The van der Waals surface area contributed by atoms with Crippen LogP contribution in [0.5, 0.6) is 0 Å². The molecule has 0 heterocycles. The van der Waals surface area contributed by atoms with Crippen molar-refractivity contribution in [1.29, 1.82) is 0 Å². The summed E-state index contributed by atoms with van der Waals surface area (Å²) in [5, 5.41) is 43.3. The molecule has 0 aliphatic carbocycles. The van der Waals surface area contributed by atoms with Crippen LogP contribution in [0.25, 0.3) is 0 Å². The summed E-state index contributed by atoms with van der Waals surface area (Å²) in [6.07, 6.45) is 1.49. The Kier molecular flexibility index (Phi) is 3.86. The average Bonchev–Trinajstić information content (AvgIpc) is 2.29. The predicted octanol–water partition coefficient (Wildman–Crippen LogP) is 1.12. The average molecular weight is 254 g/mol. The van der Waals surface area contributed by atoms with E-state index in [0.29, 0.717) is 6.07 Å². The lowest BCUT2D eigenvalue weighted by Gasteiger charge is -2.00. The Bertz CT molecular complexity index is 508. The Balaban J connectivity index is 3.59. The number of hydrogen-bond donors (Lipinski definition) is 2. The molecule has 0 bridgehead atoms. The van der Waals surface area contributed by atoms with Gasteiger partial charge in [-0.3, -0.25) is 20.2 Å². The van der Waals surface area contributed by atoms with Crippen molar-refractivity contribution >= 4 is 23.8 Å². The van der Waals surface area contributed by atoms with Gasteiger partial charge in [-0.1, -0.05) is 10.3 Å². The first-order chi connectivity index (χ1) is 8.51. The number of hydrogen-bond acceptors (Lipinski definition) is 8. The van der Waals surface area contributed by atoms with Crippen LogP contribution in [0, 0.1) is 20.2 Å². The van der Waals surface area contributed by atoms with E-state index in [1.807, 2.05) is 0 Å². The van der Waals surface area contributed by atoms with E-state index in [0.717, 1.165) is 18.5 Å². The number of nitro benzene ring substituents is 2. The maximum absolute atomic E-state index is 10.7. The Morgan fingerprint density at radius 2 is 1.33 bits per heavy atom. The second-order valence-electron chi connectivity index (χ2n) is 2.97. The molecule has 18 heavy (non-hydrogen) atoms. The third-order valence-corrected chi connectivity index (χ3v) is 1.96. The van der Waals surface area contributed by atoms with Crippen LogP contribution in [0.2, 0.25) is 0 Å². The number of nitrogens with zero attached hydrogens (tertiary/aromatic N) is 4. The van der Waals surface area contributed by atoms with Crippen LogP contribution in [0.1, 0.15) is 11.1 Å². The van der Waals surface area contributed by atoms with Gasteiger partial charge in [0.2, 0.25) is 0 Å². The van der Waals surface area contributed by atoms with Gasteiger partial charge in [-0.25, -0.2) is 0 Å². The minimum atomic E-state index is -0.857. The summed E-state index contributed by atoms with van der Waals surface area (Å²) >= 11 is 0. The van der Waals surface area contributed by atoms with Crippen LogP contribution >= 0.6 is 0 Å². The first-order valence-electron chi connectivity index (χ1n) is 4.33. The maximum Gasteiger partial charge on any atom is 0.285 e. The SMILES string of the molecule is O=[N+]([O-])c1cc([N+](=O)[O-])c(/C=N/O)cc1/C=N/O. The van der Waals surface area contributed by atoms with Crippen LogP contribution < -0.4 is 0 Å². The summed E-state index contributed by atoms with van der Waals surface area (Å²) in [7, 11) is 0. The molecule has 0 aliphatic rings. The molecule has 0 aliphatic heterocycles. The van der Waals surface area contributed by atoms with E-state index < -0.39 is 21.2 Å². The minimum Gasteiger partial charge on any atom is -0.411 e. The number of oxime groups is 2. The monoisotopic (exact) mass is 254 g/mol. The summed E-state index contributed by atoms with van der Waals surface area (Å²) in [4.78, 5) is 19.7. The molecule has 0 spiro atoms. The zero-order valence-corrected chi connectivity index (χ0v) is 8.63. The van der Waals surface area contributed by atoms with E-state index in [1.54, 1.807) is 0 Å². The van der Waals surface area contributed by atoms with E-state index in [2.05, 4.69) is 10.3 Å². The molecule has 0 unspecified atom stereocenters. The maximum atomic E-state index is 10.7. The van der Waals surface area contributed by atoms with Gasteiger partial charge < -0.3 is 10.4 Å². The van der Waals surface area contributed by atoms with Gasteiger partial charge in [0.15, 0.2) is 0 Å². The van der Waals surface area contributed by atoms with Crippen LogP contribution in [0.3, 0.4) is 0 Å². The number of rotatable bonds is 4. The molecular formula is C8H6N4O6. The van der Waals surface area contributed by atoms with Gasteiger partial charge in [0.1, 0.15) is 0 Å². The molecule has 0 saturated heterocycles. The zero-order chi connectivity index (χ0) is 13.7. The lowest BCUT2D eigenvalue weighted by Crippen LogP contribution is -2.01. The van der Waals surface area contributed by atoms with Crippen molar-refractivity contribution in [3.05, 3.63) is 43.5 Å². The Morgan fingerprint density at radius 3 is 1.61 bits per heavy atom. The minimum absolute atomic E-state index is 0.164. The lowest BCUT2D eigenvalue weighted by atomic mass is 10.1. The van der Waals surface area contributed by atoms with Gasteiger partial charge in [0.25, 0.3) is 11.4 Å². The standard InChI is InChI=1S/C8H6N4O6/c13-9-3-5-1-6(4-10-14)8(12(17)18)2-7(5)11(15)16/h1-4,13-14H/b9-3+,10-4+. The molecule has 2 N–H and O–H groups in total. The topological polar surface area (TPSA) is 151 Å². The second kappa shape index (κ2) is 5.34. The third-order valence-electron chi connectivity index (χ3n) is 1.96. The first kappa shape index (κ1) is 13.0. The van der Waals surface area contributed by atoms with Crippen LogP contribution in [-0.4, -0.2) is 32.7 Å². The highest BCUT2D eigenvalue weighted by Crippen LogP contribution is 2.27. The van der Waals surface area contributed by atoms with E-state index in [9.17, 15) is 20.2 Å². The summed E-state index contributed by atoms with van der Waals surface area (Å²) in [5.41, 5.74) is -1.53. The van der Waals surface area contributed by atoms with Crippen molar-refractivity contribution in [3.63, 3.8) is 0 Å². The van der Waals surface area contributed by atoms with E-state index >= 15 is 0 Å². The molecule has 1 aromatic carbocycles. The smallest absolute Gasteiger partial charge is 0.285 e. The normalized spacial score (nSPS) is 11.1. The van der Waals surface area contributed by atoms with E-state index in [4.69, 9.17) is 10.4 Å². The third kappa shape index (κ3) is 2.55. The molecule has 0 saturated carbocycles. The predicted molar refractivity (Wildman–Crippen MR) is 58.5 cm³/mol. The number of benzene rings is 1. The molecule has 0 amide bonds. The van der Waals surface area contributed by atoms with E-state index in [1.165, 1.54) is 0 Å². The fraction of sp³-hybridized carbons (Fsp3) is 0. The lowest BCUT2D eigenvalue weighted by molar-refractivity contribution is -0.394. The van der Waals surface area contributed by atoms with Crippen LogP contribution in [0.4, 0.5) is 11.4 Å². The van der Waals surface area contributed by atoms with Crippen LogP contribution in [0.15, 0.2) is 22.4 Å². The van der Waals surface area contributed by atoms with Crippen molar-refractivity contribution < 1.29 is 20.3 Å².